The van der Waals surface area contributed by atoms with E-state index in [9.17, 15) is 13.6 Å². The fourth-order valence-electron chi connectivity index (χ4n) is 3.66. The van der Waals surface area contributed by atoms with Gasteiger partial charge in [0.2, 0.25) is 0 Å². The maximum absolute atomic E-state index is 14.0. The topological polar surface area (TPSA) is 73.8 Å². The number of nitrogens with one attached hydrogen (secondary N) is 1. The Balaban J connectivity index is 1.72. The van der Waals surface area contributed by atoms with Gasteiger partial charge in [0.1, 0.15) is 17.6 Å². The van der Waals surface area contributed by atoms with Crippen LogP contribution in [-0.2, 0) is 0 Å². The molecule has 3 rings (SSSR count). The molecule has 0 spiro atoms. The fourth-order valence-corrected chi connectivity index (χ4v) is 3.66. The van der Waals surface area contributed by atoms with Crippen LogP contribution in [0.4, 0.5) is 20.4 Å². The van der Waals surface area contributed by atoms with Gasteiger partial charge >= 0.3 is 0 Å². The number of carbonyl (C=O) groups is 1. The molecule has 2 aromatic rings. The van der Waals surface area contributed by atoms with Crippen LogP contribution < -0.4 is 15.0 Å². The Labute approximate surface area is 199 Å². The van der Waals surface area contributed by atoms with E-state index in [4.69, 9.17) is 4.74 Å². The number of halogens is 2. The van der Waals surface area contributed by atoms with Crippen molar-refractivity contribution in [2.75, 3.05) is 57.5 Å². The highest BCUT2D eigenvalue weighted by Crippen LogP contribution is 2.28. The van der Waals surface area contributed by atoms with Crippen LogP contribution in [0, 0.1) is 11.6 Å². The molecule has 1 amide bonds. The van der Waals surface area contributed by atoms with E-state index in [1.54, 1.807) is 11.9 Å². The van der Waals surface area contributed by atoms with Crippen LogP contribution in [0.2, 0.25) is 0 Å². The van der Waals surface area contributed by atoms with Crippen molar-refractivity contribution in [1.82, 2.24) is 19.8 Å². The lowest BCUT2D eigenvalue weighted by Gasteiger charge is -2.34. The number of hydrogen-bond donors (Lipinski definition) is 1. The number of ether oxygens (including phenoxy) is 1. The summed E-state index contributed by atoms with van der Waals surface area (Å²) in [7, 11) is 5.67. The second-order valence-electron chi connectivity index (χ2n) is 9.14. The molecule has 1 aliphatic heterocycles. The molecule has 10 heteroatoms. The third-order valence-corrected chi connectivity index (χ3v) is 5.56. The Morgan fingerprint density at radius 3 is 2.53 bits per heavy atom. The zero-order valence-electron chi connectivity index (χ0n) is 20.5. The molecule has 0 radical (unpaired) electrons. The highest BCUT2D eigenvalue weighted by molar-refractivity contribution is 5.92. The number of amides is 1. The minimum Gasteiger partial charge on any atom is -0.487 e. The molecule has 0 saturated carbocycles. The van der Waals surface area contributed by atoms with Crippen molar-refractivity contribution >= 4 is 17.5 Å². The minimum atomic E-state index is -0.707. The van der Waals surface area contributed by atoms with E-state index in [2.05, 4.69) is 20.2 Å². The first-order valence-electron chi connectivity index (χ1n) is 11.5. The van der Waals surface area contributed by atoms with Crippen molar-refractivity contribution < 1.29 is 18.3 Å². The smallest absolute Gasteiger partial charge is 0.273 e. The van der Waals surface area contributed by atoms with E-state index in [-0.39, 0.29) is 29.5 Å². The van der Waals surface area contributed by atoms with Gasteiger partial charge in [0.05, 0.1) is 6.20 Å². The molecule has 0 atom stereocenters. The Morgan fingerprint density at radius 1 is 1.21 bits per heavy atom. The summed E-state index contributed by atoms with van der Waals surface area (Å²) in [5.41, 5.74) is 0.289. The number of likely N-dealkylation sites (N-methyl/N-ethyl adjacent to an activating group) is 2. The van der Waals surface area contributed by atoms with E-state index in [1.807, 2.05) is 32.8 Å². The van der Waals surface area contributed by atoms with Crippen molar-refractivity contribution in [3.05, 3.63) is 41.7 Å². The average molecular weight is 477 g/mol. The lowest BCUT2D eigenvalue weighted by molar-refractivity contribution is 0.0780. The third-order valence-electron chi connectivity index (χ3n) is 5.56. The van der Waals surface area contributed by atoms with Gasteiger partial charge in [-0.15, -0.1) is 0 Å². The summed E-state index contributed by atoms with van der Waals surface area (Å²) in [5.74, 6) is -0.239. The molecule has 1 aromatic heterocycles. The van der Waals surface area contributed by atoms with Crippen LogP contribution >= 0.6 is 0 Å². The van der Waals surface area contributed by atoms with Gasteiger partial charge in [-0.2, -0.15) is 0 Å². The van der Waals surface area contributed by atoms with Crippen LogP contribution in [0.5, 0.6) is 5.75 Å². The average Bonchev–Trinajstić information content (AvgIpc) is 2.79. The van der Waals surface area contributed by atoms with E-state index in [1.165, 1.54) is 18.3 Å². The van der Waals surface area contributed by atoms with Crippen LogP contribution in [0.15, 0.2) is 24.4 Å². The van der Waals surface area contributed by atoms with Gasteiger partial charge in [-0.25, -0.2) is 18.7 Å². The number of hydrogen-bond acceptors (Lipinski definition) is 7. The largest absolute Gasteiger partial charge is 0.487 e. The SMILES string of the molecule is CC(C)Nc1ncc(C(=O)N(C)CCN(C)C)nc1N1CCC(Oc2ccc(F)cc2F)CC1. The molecule has 1 aromatic carbocycles. The first-order chi connectivity index (χ1) is 16.1. The van der Waals surface area contributed by atoms with Gasteiger partial charge < -0.3 is 24.8 Å². The molecular formula is C24H34F2N6O2. The maximum Gasteiger partial charge on any atom is 0.273 e. The molecule has 0 bridgehead atoms. The summed E-state index contributed by atoms with van der Waals surface area (Å²) >= 11 is 0. The normalized spacial score (nSPS) is 14.6. The Kier molecular flexibility index (Phi) is 8.60. The van der Waals surface area contributed by atoms with Gasteiger partial charge in [0.25, 0.3) is 5.91 Å². The molecule has 0 unspecified atom stereocenters. The van der Waals surface area contributed by atoms with Gasteiger partial charge in [-0.1, -0.05) is 0 Å². The molecule has 1 saturated heterocycles. The van der Waals surface area contributed by atoms with Crippen molar-refractivity contribution in [1.29, 1.82) is 0 Å². The molecule has 186 valence electrons. The number of carbonyl (C=O) groups excluding carboxylic acids is 1. The van der Waals surface area contributed by atoms with Crippen LogP contribution in [0.25, 0.3) is 0 Å². The van der Waals surface area contributed by atoms with Gasteiger partial charge in [0.15, 0.2) is 23.2 Å². The number of aromatic nitrogens is 2. The lowest BCUT2D eigenvalue weighted by atomic mass is 10.1. The first kappa shape index (κ1) is 25.6. The van der Waals surface area contributed by atoms with Crippen LogP contribution in [0.3, 0.4) is 0 Å². The summed E-state index contributed by atoms with van der Waals surface area (Å²) in [5, 5.41) is 3.31. The second kappa shape index (κ2) is 11.4. The van der Waals surface area contributed by atoms with E-state index in [0.717, 1.165) is 12.6 Å². The Hall–Kier alpha value is -3.01. The highest BCUT2D eigenvalue weighted by Gasteiger charge is 2.26. The number of nitrogens with zero attached hydrogens (tertiary/aromatic N) is 5. The van der Waals surface area contributed by atoms with Crippen LogP contribution in [0.1, 0.15) is 37.2 Å². The van der Waals surface area contributed by atoms with Crippen molar-refractivity contribution in [3.8, 4) is 5.75 Å². The second-order valence-corrected chi connectivity index (χ2v) is 9.14. The number of rotatable bonds is 9. The summed E-state index contributed by atoms with van der Waals surface area (Å²) in [6.07, 6.45) is 2.56. The van der Waals surface area contributed by atoms with Gasteiger partial charge in [0, 0.05) is 58.2 Å². The predicted molar refractivity (Wildman–Crippen MR) is 129 cm³/mol. The summed E-state index contributed by atoms with van der Waals surface area (Å²) in [6, 6.07) is 3.46. The molecular weight excluding hydrogens is 442 g/mol. The number of benzene rings is 1. The van der Waals surface area contributed by atoms with Crippen LogP contribution in [-0.4, -0.2) is 85.1 Å². The van der Waals surface area contributed by atoms with E-state index >= 15 is 0 Å². The summed E-state index contributed by atoms with van der Waals surface area (Å²) in [4.78, 5) is 27.8. The monoisotopic (exact) mass is 476 g/mol. The number of anilines is 2. The fraction of sp³-hybridized carbons (Fsp3) is 0.542. The molecule has 1 N–H and O–H groups in total. The van der Waals surface area contributed by atoms with Crippen molar-refractivity contribution in [2.45, 2.75) is 38.8 Å². The molecule has 1 aliphatic rings. The van der Waals surface area contributed by atoms with Crippen molar-refractivity contribution in [3.63, 3.8) is 0 Å². The Morgan fingerprint density at radius 2 is 1.91 bits per heavy atom. The predicted octanol–water partition coefficient (Wildman–Crippen LogP) is 3.26. The molecule has 2 heterocycles. The zero-order chi connectivity index (χ0) is 24.8. The summed E-state index contributed by atoms with van der Waals surface area (Å²) < 4.78 is 32.9. The number of piperidine rings is 1. The molecule has 1 fully saturated rings. The highest BCUT2D eigenvalue weighted by atomic mass is 19.1. The zero-order valence-corrected chi connectivity index (χ0v) is 20.5. The van der Waals surface area contributed by atoms with E-state index < -0.39 is 11.6 Å². The lowest BCUT2D eigenvalue weighted by Crippen LogP contribution is -2.40. The standard InChI is InChI=1S/C24H34F2N6O2/c1-16(2)28-22-23(29-20(15-27-22)24(33)31(5)13-12-30(3)4)32-10-8-18(9-11-32)34-21-7-6-17(25)14-19(21)26/h6-7,14-16,18H,8-13H2,1-5H3,(H,27,28). The van der Waals surface area contributed by atoms with E-state index in [0.29, 0.717) is 44.1 Å². The maximum atomic E-state index is 14.0. The Bertz CT molecular complexity index is 980. The summed E-state index contributed by atoms with van der Waals surface area (Å²) in [6.45, 7) is 6.55. The molecule has 34 heavy (non-hydrogen) atoms. The quantitative estimate of drug-likeness (QED) is 0.596. The third kappa shape index (κ3) is 6.75. The van der Waals surface area contributed by atoms with Gasteiger partial charge in [-0.05, 0) is 40.1 Å². The van der Waals surface area contributed by atoms with Crippen molar-refractivity contribution in [2.24, 2.45) is 0 Å². The minimum absolute atomic E-state index is 0.0511. The first-order valence-corrected chi connectivity index (χ1v) is 11.5. The van der Waals surface area contributed by atoms with Gasteiger partial charge in [-0.3, -0.25) is 4.79 Å². The molecule has 0 aliphatic carbocycles. The molecule has 8 nitrogen and oxygen atoms in total.